The van der Waals surface area contributed by atoms with Gasteiger partial charge in [-0.3, -0.25) is 4.79 Å². The van der Waals surface area contributed by atoms with Gasteiger partial charge < -0.3 is 15.4 Å². The summed E-state index contributed by atoms with van der Waals surface area (Å²) in [5.74, 6) is -0.0683. The average Bonchev–Trinajstić information content (AvgIpc) is 3.15. The molecule has 1 aromatic heterocycles. The third-order valence-corrected chi connectivity index (χ3v) is 4.60. The first-order valence-electron chi connectivity index (χ1n) is 8.51. The first-order chi connectivity index (χ1) is 12.1. The van der Waals surface area contributed by atoms with Gasteiger partial charge in [-0.1, -0.05) is 49.4 Å². The summed E-state index contributed by atoms with van der Waals surface area (Å²) in [6, 6.07) is 14.2. The number of carbonyl (C=O) groups is 1. The van der Waals surface area contributed by atoms with Crippen molar-refractivity contribution in [2.75, 3.05) is 0 Å². The summed E-state index contributed by atoms with van der Waals surface area (Å²) in [6.07, 6.45) is 2.93. The molecule has 0 bridgehead atoms. The number of hydrogen-bond acceptors (Lipinski definition) is 3. The van der Waals surface area contributed by atoms with E-state index in [2.05, 4.69) is 52.5 Å². The Labute approximate surface area is 147 Å². The van der Waals surface area contributed by atoms with Gasteiger partial charge in [0.1, 0.15) is 5.69 Å². The second kappa shape index (κ2) is 7.49. The molecule has 0 aliphatic heterocycles. The fourth-order valence-electron chi connectivity index (χ4n) is 3.19. The third-order valence-electron chi connectivity index (χ3n) is 4.60. The topological polar surface area (TPSA) is 78.0 Å². The van der Waals surface area contributed by atoms with Gasteiger partial charge in [-0.15, -0.1) is 0 Å². The molecule has 5 heteroatoms. The monoisotopic (exact) mass is 337 g/mol. The minimum absolute atomic E-state index is 0.188. The highest BCUT2D eigenvalue weighted by atomic mass is 16.3. The van der Waals surface area contributed by atoms with E-state index in [0.29, 0.717) is 12.1 Å². The van der Waals surface area contributed by atoms with Crippen LogP contribution in [0.2, 0.25) is 0 Å². The molecule has 0 radical (unpaired) electrons. The molecule has 0 saturated carbocycles. The van der Waals surface area contributed by atoms with Crippen LogP contribution in [0.1, 0.15) is 42.2 Å². The van der Waals surface area contributed by atoms with Crippen molar-refractivity contribution < 1.29 is 9.90 Å². The molecule has 3 aromatic rings. The zero-order valence-corrected chi connectivity index (χ0v) is 14.4. The Balaban J connectivity index is 1.78. The number of rotatable bonds is 6. The number of aromatic nitrogens is 2. The maximum Gasteiger partial charge on any atom is 0.269 e. The molecule has 25 heavy (non-hydrogen) atoms. The molecule has 1 unspecified atom stereocenters. The smallest absolute Gasteiger partial charge is 0.269 e. The molecule has 0 aliphatic rings. The van der Waals surface area contributed by atoms with Gasteiger partial charge in [0.05, 0.1) is 24.7 Å². The zero-order chi connectivity index (χ0) is 17.8. The highest BCUT2D eigenvalue weighted by Gasteiger charge is 2.23. The van der Waals surface area contributed by atoms with Gasteiger partial charge >= 0.3 is 0 Å². The Morgan fingerprint density at radius 1 is 1.20 bits per heavy atom. The van der Waals surface area contributed by atoms with E-state index >= 15 is 0 Å². The van der Waals surface area contributed by atoms with E-state index in [-0.39, 0.29) is 17.9 Å². The molecule has 5 nitrogen and oxygen atoms in total. The largest absolute Gasteiger partial charge is 0.391 e. The number of nitrogens with one attached hydrogen (secondary N) is 2. The molecular formula is C20H23N3O2. The minimum atomic E-state index is -0.649. The van der Waals surface area contributed by atoms with Crippen molar-refractivity contribution in [1.29, 1.82) is 0 Å². The summed E-state index contributed by atoms with van der Waals surface area (Å²) < 4.78 is 0. The number of aliphatic hydroxyl groups excluding tert-OH is 1. The zero-order valence-electron chi connectivity index (χ0n) is 14.4. The molecule has 1 amide bonds. The van der Waals surface area contributed by atoms with Gasteiger partial charge in [-0.2, -0.15) is 0 Å². The summed E-state index contributed by atoms with van der Waals surface area (Å²) in [4.78, 5) is 18.9. The van der Waals surface area contributed by atoms with Crippen LogP contribution < -0.4 is 5.32 Å². The highest BCUT2D eigenvalue weighted by Crippen LogP contribution is 2.29. The van der Waals surface area contributed by atoms with Crippen molar-refractivity contribution in [1.82, 2.24) is 15.3 Å². The molecule has 0 spiro atoms. The first kappa shape index (κ1) is 17.2. The van der Waals surface area contributed by atoms with Crippen LogP contribution in [0.4, 0.5) is 0 Å². The quantitative estimate of drug-likeness (QED) is 0.646. The summed E-state index contributed by atoms with van der Waals surface area (Å²) >= 11 is 0. The van der Waals surface area contributed by atoms with Gasteiger partial charge in [0.15, 0.2) is 0 Å². The van der Waals surface area contributed by atoms with Crippen LogP contribution in [0.15, 0.2) is 55.0 Å². The number of H-pyrrole nitrogens is 1. The minimum Gasteiger partial charge on any atom is -0.391 e. The summed E-state index contributed by atoms with van der Waals surface area (Å²) in [5, 5.41) is 15.4. The molecule has 3 atom stereocenters. The number of hydrogen-bond donors (Lipinski definition) is 3. The number of aromatic amines is 1. The second-order valence-electron chi connectivity index (χ2n) is 6.49. The van der Waals surface area contributed by atoms with Crippen molar-refractivity contribution >= 4 is 16.7 Å². The van der Waals surface area contributed by atoms with Crippen LogP contribution in [-0.4, -0.2) is 33.1 Å². The van der Waals surface area contributed by atoms with Crippen molar-refractivity contribution in [2.45, 2.75) is 38.3 Å². The van der Waals surface area contributed by atoms with Crippen molar-refractivity contribution in [3.8, 4) is 0 Å². The number of benzene rings is 2. The van der Waals surface area contributed by atoms with Gasteiger partial charge in [0, 0.05) is 0 Å². The predicted octanol–water partition coefficient (Wildman–Crippen LogP) is 3.24. The standard InChI is InChI=1S/C20H23N3O2/c1-13(16-9-5-7-15-6-3-4-8-17(15)16)10-18(14(2)24)23-20(25)19-11-21-12-22-19/h3-9,11-14,18,24H,10H2,1-2H3,(H,21,22)(H,23,25)/t13?,14-,18+/m0/s1. The molecule has 0 fully saturated rings. The van der Waals surface area contributed by atoms with Crippen molar-refractivity contribution in [3.05, 3.63) is 66.2 Å². The van der Waals surface area contributed by atoms with E-state index in [1.165, 1.54) is 28.9 Å². The van der Waals surface area contributed by atoms with E-state index in [4.69, 9.17) is 0 Å². The van der Waals surface area contributed by atoms with Crippen molar-refractivity contribution in [2.24, 2.45) is 0 Å². The summed E-state index contributed by atoms with van der Waals surface area (Å²) in [6.45, 7) is 3.83. The number of fused-ring (bicyclic) bond motifs is 1. The molecule has 130 valence electrons. The molecule has 1 heterocycles. The lowest BCUT2D eigenvalue weighted by molar-refractivity contribution is 0.0840. The maximum absolute atomic E-state index is 12.3. The van der Waals surface area contributed by atoms with Gasteiger partial charge in [0.25, 0.3) is 5.91 Å². The fraction of sp³-hybridized carbons (Fsp3) is 0.300. The van der Waals surface area contributed by atoms with E-state index in [9.17, 15) is 9.90 Å². The lowest BCUT2D eigenvalue weighted by Crippen LogP contribution is -2.43. The number of amides is 1. The van der Waals surface area contributed by atoms with Crippen LogP contribution in [0.25, 0.3) is 10.8 Å². The van der Waals surface area contributed by atoms with Crippen LogP contribution in [0.3, 0.4) is 0 Å². The summed E-state index contributed by atoms with van der Waals surface area (Å²) in [7, 11) is 0. The Morgan fingerprint density at radius 2 is 1.96 bits per heavy atom. The Hall–Kier alpha value is -2.66. The maximum atomic E-state index is 12.3. The number of nitrogens with zero attached hydrogens (tertiary/aromatic N) is 1. The lowest BCUT2D eigenvalue weighted by atomic mass is 9.88. The first-order valence-corrected chi connectivity index (χ1v) is 8.51. The van der Waals surface area contributed by atoms with Gasteiger partial charge in [0.2, 0.25) is 0 Å². The summed E-state index contributed by atoms with van der Waals surface area (Å²) in [5.41, 5.74) is 1.61. The lowest BCUT2D eigenvalue weighted by Gasteiger charge is -2.25. The number of carbonyl (C=O) groups excluding carboxylic acids is 1. The van der Waals surface area contributed by atoms with Crippen molar-refractivity contribution in [3.63, 3.8) is 0 Å². The SMILES string of the molecule is CC(C[C@@H](NC(=O)c1cnc[nH]1)[C@H](C)O)c1cccc2ccccc12. The number of imidazole rings is 1. The Morgan fingerprint density at radius 3 is 2.68 bits per heavy atom. The molecule has 3 rings (SSSR count). The van der Waals surface area contributed by atoms with E-state index in [1.54, 1.807) is 6.92 Å². The van der Waals surface area contributed by atoms with Crippen LogP contribution in [0, 0.1) is 0 Å². The second-order valence-corrected chi connectivity index (χ2v) is 6.49. The van der Waals surface area contributed by atoms with Gasteiger partial charge in [-0.25, -0.2) is 4.98 Å². The Kier molecular flexibility index (Phi) is 5.14. The molecule has 3 N–H and O–H groups in total. The fourth-order valence-corrected chi connectivity index (χ4v) is 3.19. The average molecular weight is 337 g/mol. The molecule has 0 aliphatic carbocycles. The molecular weight excluding hydrogens is 314 g/mol. The third kappa shape index (κ3) is 3.88. The van der Waals surface area contributed by atoms with E-state index < -0.39 is 6.10 Å². The van der Waals surface area contributed by atoms with Crippen LogP contribution >= 0.6 is 0 Å². The van der Waals surface area contributed by atoms with Crippen LogP contribution in [0.5, 0.6) is 0 Å². The normalized spacial score (nSPS) is 14.8. The number of aliphatic hydroxyl groups is 1. The Bertz CT molecular complexity index is 838. The van der Waals surface area contributed by atoms with Gasteiger partial charge in [-0.05, 0) is 35.6 Å². The van der Waals surface area contributed by atoms with E-state index in [1.807, 2.05) is 12.1 Å². The van der Waals surface area contributed by atoms with Crippen LogP contribution in [-0.2, 0) is 0 Å². The molecule has 0 saturated heterocycles. The van der Waals surface area contributed by atoms with E-state index in [0.717, 1.165) is 0 Å². The highest BCUT2D eigenvalue weighted by molar-refractivity contribution is 5.92. The molecule has 2 aromatic carbocycles. The predicted molar refractivity (Wildman–Crippen MR) is 98.5 cm³/mol.